The number of carboxylic acid groups (broad SMARTS) is 2. The van der Waals surface area contributed by atoms with Crippen LogP contribution in [0.3, 0.4) is 0 Å². The van der Waals surface area contributed by atoms with Crippen molar-refractivity contribution in [2.24, 2.45) is 0 Å². The molecule has 1 atom stereocenters. The van der Waals surface area contributed by atoms with Crippen LogP contribution >= 0.6 is 11.8 Å². The van der Waals surface area contributed by atoms with E-state index in [4.69, 9.17) is 5.11 Å². The molecule has 3 rings (SSSR count). The monoisotopic (exact) mass is 386 g/mol. The molecule has 3 N–H and O–H groups in total. The number of para-hydroxylation sites is 1. The van der Waals surface area contributed by atoms with Crippen molar-refractivity contribution in [3.8, 4) is 0 Å². The van der Waals surface area contributed by atoms with Crippen molar-refractivity contribution in [2.75, 3.05) is 5.32 Å². The molecule has 1 saturated heterocycles. The number of benzene rings is 2. The zero-order valence-electron chi connectivity index (χ0n) is 13.8. The molecular weight excluding hydrogens is 372 g/mol. The fourth-order valence-electron chi connectivity index (χ4n) is 2.55. The molecule has 2 aromatic carbocycles. The lowest BCUT2D eigenvalue weighted by atomic mass is 10.1. The van der Waals surface area contributed by atoms with Crippen molar-refractivity contribution in [3.63, 3.8) is 0 Å². The van der Waals surface area contributed by atoms with Crippen LogP contribution in [0.1, 0.15) is 26.3 Å². The molecule has 0 saturated carbocycles. The van der Waals surface area contributed by atoms with Gasteiger partial charge in [0.15, 0.2) is 5.37 Å². The maximum atomic E-state index is 12.6. The van der Waals surface area contributed by atoms with Gasteiger partial charge < -0.3 is 15.5 Å². The standard InChI is InChI=1S/C18H14N2O6S/c21-15-14(19-13-4-2-1-3-12(13)17(24)25)27-18(26)20(15)9-10-5-7-11(8-6-10)16(22)23/h1-8,14,19H,9H2,(H,22,23)(H,24,25). The SMILES string of the molecule is O=C(O)c1ccc(CN2C(=O)SC(Nc3ccccc3C(=O)O)C2=O)cc1. The fraction of sp³-hybridized carbons (Fsp3) is 0.111. The molecule has 1 aliphatic heterocycles. The number of rotatable bonds is 6. The van der Waals surface area contributed by atoms with Gasteiger partial charge in [-0.25, -0.2) is 9.59 Å². The number of nitrogens with zero attached hydrogens (tertiary/aromatic N) is 1. The minimum atomic E-state index is -1.14. The number of carbonyl (C=O) groups is 4. The summed E-state index contributed by atoms with van der Waals surface area (Å²) in [6, 6.07) is 12.0. The highest BCUT2D eigenvalue weighted by Gasteiger charge is 2.40. The molecule has 27 heavy (non-hydrogen) atoms. The van der Waals surface area contributed by atoms with Crippen molar-refractivity contribution < 1.29 is 29.4 Å². The predicted molar refractivity (Wildman–Crippen MR) is 97.8 cm³/mol. The van der Waals surface area contributed by atoms with Crippen LogP contribution in [0.5, 0.6) is 0 Å². The Labute approximate surface area is 157 Å². The summed E-state index contributed by atoms with van der Waals surface area (Å²) in [5, 5.41) is 19.5. The molecule has 1 heterocycles. The summed E-state index contributed by atoms with van der Waals surface area (Å²) in [4.78, 5) is 48.0. The number of thioether (sulfide) groups is 1. The van der Waals surface area contributed by atoms with E-state index in [9.17, 15) is 24.3 Å². The van der Waals surface area contributed by atoms with Gasteiger partial charge in [-0.15, -0.1) is 0 Å². The molecular formula is C18H14N2O6S. The molecule has 2 aromatic rings. The molecule has 138 valence electrons. The van der Waals surface area contributed by atoms with Gasteiger partial charge in [0.05, 0.1) is 17.7 Å². The Morgan fingerprint density at radius 2 is 1.67 bits per heavy atom. The van der Waals surface area contributed by atoms with E-state index >= 15 is 0 Å². The average molecular weight is 386 g/mol. The van der Waals surface area contributed by atoms with Crippen LogP contribution < -0.4 is 5.32 Å². The molecule has 2 amide bonds. The molecule has 0 aromatic heterocycles. The van der Waals surface area contributed by atoms with Gasteiger partial charge in [-0.1, -0.05) is 24.3 Å². The molecule has 0 bridgehead atoms. The molecule has 0 aliphatic carbocycles. The van der Waals surface area contributed by atoms with Crippen molar-refractivity contribution in [2.45, 2.75) is 11.9 Å². The summed E-state index contributed by atoms with van der Waals surface area (Å²) in [5.41, 5.74) is 0.961. The Morgan fingerprint density at radius 3 is 2.30 bits per heavy atom. The molecule has 1 aliphatic rings. The molecule has 0 radical (unpaired) electrons. The maximum Gasteiger partial charge on any atom is 0.337 e. The third kappa shape index (κ3) is 3.93. The van der Waals surface area contributed by atoms with Gasteiger partial charge in [-0.3, -0.25) is 14.5 Å². The van der Waals surface area contributed by atoms with Crippen LogP contribution in [0.25, 0.3) is 0 Å². The third-order valence-corrected chi connectivity index (χ3v) is 4.89. The van der Waals surface area contributed by atoms with Crippen molar-refractivity contribution in [1.29, 1.82) is 0 Å². The van der Waals surface area contributed by atoms with Gasteiger partial charge in [0, 0.05) is 5.69 Å². The third-order valence-electron chi connectivity index (χ3n) is 3.92. The number of aromatic carboxylic acids is 2. The minimum Gasteiger partial charge on any atom is -0.478 e. The smallest absolute Gasteiger partial charge is 0.337 e. The summed E-state index contributed by atoms with van der Waals surface area (Å²) >= 11 is 0.764. The first-order valence-corrected chi connectivity index (χ1v) is 8.68. The summed E-state index contributed by atoms with van der Waals surface area (Å²) in [7, 11) is 0. The van der Waals surface area contributed by atoms with E-state index in [1.807, 2.05) is 0 Å². The zero-order valence-corrected chi connectivity index (χ0v) is 14.6. The maximum absolute atomic E-state index is 12.6. The first-order valence-electron chi connectivity index (χ1n) is 7.80. The summed E-state index contributed by atoms with van der Waals surface area (Å²) in [6.45, 7) is 0.00330. The second-order valence-corrected chi connectivity index (χ2v) is 6.74. The number of anilines is 1. The van der Waals surface area contributed by atoms with Crippen molar-refractivity contribution >= 4 is 40.5 Å². The van der Waals surface area contributed by atoms with Gasteiger partial charge in [-0.05, 0) is 41.6 Å². The van der Waals surface area contributed by atoms with Crippen LogP contribution in [-0.2, 0) is 11.3 Å². The second-order valence-electron chi connectivity index (χ2n) is 5.69. The highest BCUT2D eigenvalue weighted by Crippen LogP contribution is 2.30. The number of carboxylic acids is 2. The Hall–Kier alpha value is -3.33. The average Bonchev–Trinajstić information content (AvgIpc) is 2.90. The van der Waals surface area contributed by atoms with Gasteiger partial charge in [0.25, 0.3) is 11.1 Å². The number of amides is 2. The minimum absolute atomic E-state index is 0.000980. The van der Waals surface area contributed by atoms with Crippen LogP contribution in [0, 0.1) is 0 Å². The van der Waals surface area contributed by atoms with Gasteiger partial charge >= 0.3 is 11.9 Å². The summed E-state index contributed by atoms with van der Waals surface area (Å²) < 4.78 is 0. The van der Waals surface area contributed by atoms with E-state index < -0.39 is 28.5 Å². The lowest BCUT2D eigenvalue weighted by Crippen LogP contribution is -2.34. The Balaban J connectivity index is 1.73. The second kappa shape index (κ2) is 7.50. The highest BCUT2D eigenvalue weighted by molar-refractivity contribution is 8.15. The summed E-state index contributed by atoms with van der Waals surface area (Å²) in [5.74, 6) is -2.70. The number of nitrogens with one attached hydrogen (secondary N) is 1. The van der Waals surface area contributed by atoms with Crippen LogP contribution in [0.2, 0.25) is 0 Å². The van der Waals surface area contributed by atoms with Crippen molar-refractivity contribution in [1.82, 2.24) is 4.90 Å². The van der Waals surface area contributed by atoms with E-state index in [0.29, 0.717) is 5.56 Å². The lowest BCUT2D eigenvalue weighted by Gasteiger charge is -2.16. The highest BCUT2D eigenvalue weighted by atomic mass is 32.2. The Kier molecular flexibility index (Phi) is 5.13. The van der Waals surface area contributed by atoms with E-state index in [1.165, 1.54) is 36.4 Å². The molecule has 9 heteroatoms. The Morgan fingerprint density at radius 1 is 1.00 bits per heavy atom. The summed E-state index contributed by atoms with van der Waals surface area (Å²) in [6.07, 6.45) is 0. The predicted octanol–water partition coefficient (Wildman–Crippen LogP) is 2.72. The van der Waals surface area contributed by atoms with E-state index in [2.05, 4.69) is 5.32 Å². The Bertz CT molecular complexity index is 928. The zero-order chi connectivity index (χ0) is 19.6. The molecule has 8 nitrogen and oxygen atoms in total. The quantitative estimate of drug-likeness (QED) is 0.692. The number of carbonyl (C=O) groups excluding carboxylic acids is 2. The van der Waals surface area contributed by atoms with E-state index in [0.717, 1.165) is 16.7 Å². The van der Waals surface area contributed by atoms with Gasteiger partial charge in [0.1, 0.15) is 0 Å². The van der Waals surface area contributed by atoms with E-state index in [1.54, 1.807) is 12.1 Å². The van der Waals surface area contributed by atoms with E-state index in [-0.39, 0.29) is 23.4 Å². The molecule has 0 spiro atoms. The molecule has 1 fully saturated rings. The van der Waals surface area contributed by atoms with Crippen LogP contribution in [-0.4, -0.2) is 43.6 Å². The van der Waals surface area contributed by atoms with Gasteiger partial charge in [0.2, 0.25) is 0 Å². The van der Waals surface area contributed by atoms with Crippen LogP contribution in [0.4, 0.5) is 10.5 Å². The number of hydrogen-bond acceptors (Lipinski definition) is 6. The topological polar surface area (TPSA) is 124 Å². The van der Waals surface area contributed by atoms with Crippen LogP contribution in [0.15, 0.2) is 48.5 Å². The first-order chi connectivity index (χ1) is 12.9. The molecule has 1 unspecified atom stereocenters. The number of imide groups is 1. The largest absolute Gasteiger partial charge is 0.478 e. The normalized spacial score (nSPS) is 16.4. The first kappa shape index (κ1) is 18.5. The fourth-order valence-corrected chi connectivity index (χ4v) is 3.45. The lowest BCUT2D eigenvalue weighted by molar-refractivity contribution is -0.126. The van der Waals surface area contributed by atoms with Crippen molar-refractivity contribution in [3.05, 3.63) is 65.2 Å². The number of hydrogen-bond donors (Lipinski definition) is 3. The van der Waals surface area contributed by atoms with Gasteiger partial charge in [-0.2, -0.15) is 0 Å².